The van der Waals surface area contributed by atoms with Gasteiger partial charge in [0.2, 0.25) is 0 Å². The van der Waals surface area contributed by atoms with Crippen LogP contribution in [0.3, 0.4) is 0 Å². The maximum absolute atomic E-state index is 5.82. The number of hydrogen-bond acceptors (Lipinski definition) is 4. The maximum Gasteiger partial charge on any atom is 0.500 e. The molecule has 0 atom stereocenters. The van der Waals surface area contributed by atoms with Crippen molar-refractivity contribution >= 4 is 21.4 Å². The standard InChI is InChI=1S/C11H26O3SSi/c1-4-7-8-11-16(12-5-2,13-6-3)14-9-10-15/h15H,4-11H2,1-3H3. The minimum atomic E-state index is -2.40. The molecule has 0 heterocycles. The van der Waals surface area contributed by atoms with Gasteiger partial charge >= 0.3 is 8.80 Å². The van der Waals surface area contributed by atoms with Crippen LogP contribution in [0.1, 0.15) is 40.0 Å². The summed E-state index contributed by atoms with van der Waals surface area (Å²) < 4.78 is 17.4. The van der Waals surface area contributed by atoms with Crippen molar-refractivity contribution in [3.8, 4) is 0 Å². The molecule has 0 spiro atoms. The van der Waals surface area contributed by atoms with E-state index in [1.807, 2.05) is 13.8 Å². The van der Waals surface area contributed by atoms with Gasteiger partial charge in [-0.05, 0) is 20.3 Å². The van der Waals surface area contributed by atoms with Crippen molar-refractivity contribution in [1.29, 1.82) is 0 Å². The Kier molecular flexibility index (Phi) is 10.9. The average Bonchev–Trinajstić information content (AvgIpc) is 2.27. The minimum absolute atomic E-state index is 0.613. The van der Waals surface area contributed by atoms with Crippen molar-refractivity contribution < 1.29 is 13.3 Å². The molecule has 0 radical (unpaired) electrons. The normalized spacial score (nSPS) is 12.0. The van der Waals surface area contributed by atoms with E-state index in [-0.39, 0.29) is 0 Å². The Morgan fingerprint density at radius 3 is 2.00 bits per heavy atom. The Hall–Kier alpha value is 0.447. The summed E-state index contributed by atoms with van der Waals surface area (Å²) in [6, 6.07) is 0.927. The van der Waals surface area contributed by atoms with Gasteiger partial charge in [0.05, 0.1) is 0 Å². The lowest BCUT2D eigenvalue weighted by molar-refractivity contribution is 0.0715. The summed E-state index contributed by atoms with van der Waals surface area (Å²) in [5.41, 5.74) is 0. The topological polar surface area (TPSA) is 27.7 Å². The second kappa shape index (κ2) is 10.6. The van der Waals surface area contributed by atoms with Gasteiger partial charge in [-0.1, -0.05) is 19.8 Å². The molecule has 5 heteroatoms. The second-order valence-corrected chi connectivity index (χ2v) is 6.76. The molecule has 0 aliphatic rings. The van der Waals surface area contributed by atoms with E-state index in [1.54, 1.807) is 0 Å². The van der Waals surface area contributed by atoms with Crippen molar-refractivity contribution in [2.24, 2.45) is 0 Å². The third kappa shape index (κ3) is 6.91. The fourth-order valence-corrected chi connectivity index (χ4v) is 4.50. The van der Waals surface area contributed by atoms with Gasteiger partial charge in [0.15, 0.2) is 0 Å². The molecule has 0 aromatic rings. The minimum Gasteiger partial charge on any atom is -0.374 e. The number of rotatable bonds is 11. The fraction of sp³-hybridized carbons (Fsp3) is 1.00. The highest BCUT2D eigenvalue weighted by atomic mass is 32.1. The number of thiol groups is 1. The first-order chi connectivity index (χ1) is 7.74. The van der Waals surface area contributed by atoms with Crippen LogP contribution in [0.25, 0.3) is 0 Å². The highest BCUT2D eigenvalue weighted by Crippen LogP contribution is 2.19. The lowest BCUT2D eigenvalue weighted by Crippen LogP contribution is -2.46. The van der Waals surface area contributed by atoms with Crippen LogP contribution in [0.15, 0.2) is 0 Å². The van der Waals surface area contributed by atoms with Crippen molar-refractivity contribution in [2.45, 2.75) is 46.1 Å². The van der Waals surface area contributed by atoms with Crippen LogP contribution in [0.2, 0.25) is 6.04 Å². The zero-order valence-electron chi connectivity index (χ0n) is 10.8. The van der Waals surface area contributed by atoms with Gasteiger partial charge < -0.3 is 13.3 Å². The molecule has 0 aromatic heterocycles. The molecule has 0 aliphatic heterocycles. The summed E-state index contributed by atoms with van der Waals surface area (Å²) >= 11 is 4.16. The summed E-state index contributed by atoms with van der Waals surface area (Å²) in [7, 11) is -2.40. The van der Waals surface area contributed by atoms with E-state index in [2.05, 4.69) is 19.6 Å². The third-order valence-electron chi connectivity index (χ3n) is 2.23. The van der Waals surface area contributed by atoms with E-state index in [0.29, 0.717) is 25.6 Å². The fourth-order valence-electron chi connectivity index (χ4n) is 1.57. The average molecular weight is 266 g/mol. The molecule has 0 aliphatic carbocycles. The SMILES string of the molecule is CCCCC[Si](OCC)(OCC)OCCS. The van der Waals surface area contributed by atoms with Gasteiger partial charge in [-0.3, -0.25) is 0 Å². The Labute approximate surface area is 107 Å². The van der Waals surface area contributed by atoms with Crippen molar-refractivity contribution in [3.63, 3.8) is 0 Å². The summed E-state index contributed by atoms with van der Waals surface area (Å²) in [5.74, 6) is 0.711. The first-order valence-corrected chi connectivity index (χ1v) is 8.83. The van der Waals surface area contributed by atoms with Gasteiger partial charge in [-0.2, -0.15) is 12.6 Å². The largest absolute Gasteiger partial charge is 0.500 e. The molecule has 16 heavy (non-hydrogen) atoms. The van der Waals surface area contributed by atoms with Gasteiger partial charge in [0, 0.05) is 31.6 Å². The van der Waals surface area contributed by atoms with Gasteiger partial charge in [-0.25, -0.2) is 0 Å². The maximum atomic E-state index is 5.82. The molecule has 0 amide bonds. The highest BCUT2D eigenvalue weighted by molar-refractivity contribution is 7.80. The molecule has 3 nitrogen and oxygen atoms in total. The van der Waals surface area contributed by atoms with Gasteiger partial charge in [0.1, 0.15) is 0 Å². The first kappa shape index (κ1) is 16.4. The predicted octanol–water partition coefficient (Wildman–Crippen LogP) is 3.13. The van der Waals surface area contributed by atoms with E-state index in [0.717, 1.165) is 12.5 Å². The van der Waals surface area contributed by atoms with Gasteiger partial charge in [0.25, 0.3) is 0 Å². The van der Waals surface area contributed by atoms with E-state index < -0.39 is 8.80 Å². The second-order valence-electron chi connectivity index (χ2n) is 3.58. The quantitative estimate of drug-likeness (QED) is 0.354. The Morgan fingerprint density at radius 2 is 1.56 bits per heavy atom. The predicted molar refractivity (Wildman–Crippen MR) is 73.1 cm³/mol. The molecular formula is C11H26O3SSi. The summed E-state index contributed by atoms with van der Waals surface area (Å²) in [4.78, 5) is 0. The molecule has 0 saturated heterocycles. The van der Waals surface area contributed by atoms with E-state index in [1.165, 1.54) is 12.8 Å². The Morgan fingerprint density at radius 1 is 0.938 bits per heavy atom. The summed E-state index contributed by atoms with van der Waals surface area (Å²) in [6.45, 7) is 8.10. The molecule has 0 unspecified atom stereocenters. The molecule has 0 aromatic carbocycles. The monoisotopic (exact) mass is 266 g/mol. The van der Waals surface area contributed by atoms with Crippen LogP contribution in [0.5, 0.6) is 0 Å². The molecule has 0 bridgehead atoms. The van der Waals surface area contributed by atoms with Crippen molar-refractivity contribution in [2.75, 3.05) is 25.6 Å². The zero-order chi connectivity index (χ0) is 12.3. The van der Waals surface area contributed by atoms with Gasteiger partial charge in [-0.15, -0.1) is 0 Å². The van der Waals surface area contributed by atoms with Crippen molar-refractivity contribution in [1.82, 2.24) is 0 Å². The van der Waals surface area contributed by atoms with E-state index >= 15 is 0 Å². The molecular weight excluding hydrogens is 240 g/mol. The van der Waals surface area contributed by atoms with Crippen LogP contribution in [0.4, 0.5) is 0 Å². The highest BCUT2D eigenvalue weighted by Gasteiger charge is 2.39. The van der Waals surface area contributed by atoms with Crippen LogP contribution in [0, 0.1) is 0 Å². The number of hydrogen-bond donors (Lipinski definition) is 1. The Balaban J connectivity index is 4.24. The van der Waals surface area contributed by atoms with E-state index in [9.17, 15) is 0 Å². The number of unbranched alkanes of at least 4 members (excludes halogenated alkanes) is 2. The van der Waals surface area contributed by atoms with Crippen LogP contribution >= 0.6 is 12.6 Å². The van der Waals surface area contributed by atoms with Crippen LogP contribution < -0.4 is 0 Å². The molecule has 0 rings (SSSR count). The third-order valence-corrected chi connectivity index (χ3v) is 5.48. The lowest BCUT2D eigenvalue weighted by Gasteiger charge is -2.28. The Bertz CT molecular complexity index is 152. The molecule has 0 fully saturated rings. The van der Waals surface area contributed by atoms with Crippen LogP contribution in [-0.4, -0.2) is 34.4 Å². The van der Waals surface area contributed by atoms with Crippen molar-refractivity contribution in [3.05, 3.63) is 0 Å². The lowest BCUT2D eigenvalue weighted by atomic mass is 10.3. The smallest absolute Gasteiger partial charge is 0.374 e. The van der Waals surface area contributed by atoms with E-state index in [4.69, 9.17) is 13.3 Å². The van der Waals surface area contributed by atoms with Crippen LogP contribution in [-0.2, 0) is 13.3 Å². The zero-order valence-corrected chi connectivity index (χ0v) is 12.7. The molecule has 98 valence electrons. The molecule has 0 saturated carbocycles. The first-order valence-electron chi connectivity index (χ1n) is 6.27. The summed E-state index contributed by atoms with van der Waals surface area (Å²) in [6.07, 6.45) is 3.53. The summed E-state index contributed by atoms with van der Waals surface area (Å²) in [5, 5.41) is 0. The molecule has 0 N–H and O–H groups in total.